The SMILES string of the molecule is Cc1cc(Oc2cccc(F)c2CCl)ccc1[N+](=O)[O-]. The van der Waals surface area contributed by atoms with E-state index >= 15 is 0 Å². The lowest BCUT2D eigenvalue weighted by atomic mass is 10.2. The Bertz CT molecular complexity index is 661. The molecule has 0 aliphatic carbocycles. The molecule has 6 heteroatoms. The van der Waals surface area contributed by atoms with Crippen LogP contribution in [0.2, 0.25) is 0 Å². The minimum absolute atomic E-state index is 0.00848. The van der Waals surface area contributed by atoms with Crippen molar-refractivity contribution in [3.8, 4) is 11.5 Å². The third kappa shape index (κ3) is 2.88. The summed E-state index contributed by atoms with van der Waals surface area (Å²) >= 11 is 5.69. The number of alkyl halides is 1. The quantitative estimate of drug-likeness (QED) is 0.471. The molecule has 0 heterocycles. The zero-order valence-corrected chi connectivity index (χ0v) is 11.4. The number of nitrogens with zero attached hydrogens (tertiary/aromatic N) is 1. The molecule has 0 N–H and O–H groups in total. The molecule has 0 atom stereocenters. The van der Waals surface area contributed by atoms with E-state index in [-0.39, 0.29) is 17.1 Å². The van der Waals surface area contributed by atoms with Gasteiger partial charge in [-0.1, -0.05) is 6.07 Å². The highest BCUT2D eigenvalue weighted by molar-refractivity contribution is 6.17. The lowest BCUT2D eigenvalue weighted by Crippen LogP contribution is -1.95. The van der Waals surface area contributed by atoms with Crippen LogP contribution in [-0.2, 0) is 5.88 Å². The summed E-state index contributed by atoms with van der Waals surface area (Å²) in [4.78, 5) is 10.3. The fraction of sp³-hybridized carbons (Fsp3) is 0.143. The first-order valence-corrected chi connectivity index (χ1v) is 6.32. The van der Waals surface area contributed by atoms with Crippen molar-refractivity contribution >= 4 is 17.3 Å². The molecule has 0 aromatic heterocycles. The fourth-order valence-electron chi connectivity index (χ4n) is 1.79. The van der Waals surface area contributed by atoms with E-state index in [1.807, 2.05) is 0 Å². The minimum Gasteiger partial charge on any atom is -0.457 e. The Morgan fingerprint density at radius 1 is 1.35 bits per heavy atom. The van der Waals surface area contributed by atoms with Crippen molar-refractivity contribution < 1.29 is 14.1 Å². The highest BCUT2D eigenvalue weighted by atomic mass is 35.5. The summed E-state index contributed by atoms with van der Waals surface area (Å²) < 4.78 is 19.1. The van der Waals surface area contributed by atoms with E-state index in [4.69, 9.17) is 16.3 Å². The third-order valence-corrected chi connectivity index (χ3v) is 3.07. The predicted octanol–water partition coefficient (Wildman–Crippen LogP) is 4.57. The molecule has 0 saturated carbocycles. The van der Waals surface area contributed by atoms with Gasteiger partial charge in [0.05, 0.1) is 10.8 Å². The molecular weight excluding hydrogens is 285 g/mol. The summed E-state index contributed by atoms with van der Waals surface area (Å²) in [5.41, 5.74) is 0.732. The summed E-state index contributed by atoms with van der Waals surface area (Å²) in [6, 6.07) is 8.75. The first-order valence-electron chi connectivity index (χ1n) is 5.79. The van der Waals surface area contributed by atoms with Gasteiger partial charge in [0.1, 0.15) is 17.3 Å². The number of benzene rings is 2. The van der Waals surface area contributed by atoms with Gasteiger partial charge in [-0.3, -0.25) is 10.1 Å². The van der Waals surface area contributed by atoms with Crippen LogP contribution in [0, 0.1) is 22.9 Å². The third-order valence-electron chi connectivity index (χ3n) is 2.80. The number of hydrogen-bond acceptors (Lipinski definition) is 3. The van der Waals surface area contributed by atoms with Gasteiger partial charge in [0.2, 0.25) is 0 Å². The number of aryl methyl sites for hydroxylation is 1. The van der Waals surface area contributed by atoms with Gasteiger partial charge in [0.15, 0.2) is 0 Å². The van der Waals surface area contributed by atoms with Gasteiger partial charge in [-0.05, 0) is 31.2 Å². The van der Waals surface area contributed by atoms with Crippen LogP contribution in [0.15, 0.2) is 36.4 Å². The smallest absolute Gasteiger partial charge is 0.272 e. The van der Waals surface area contributed by atoms with Crippen LogP contribution in [0.5, 0.6) is 11.5 Å². The van der Waals surface area contributed by atoms with Gasteiger partial charge < -0.3 is 4.74 Å². The monoisotopic (exact) mass is 295 g/mol. The number of halogens is 2. The molecule has 0 fully saturated rings. The zero-order valence-electron chi connectivity index (χ0n) is 10.6. The van der Waals surface area contributed by atoms with Crippen molar-refractivity contribution in [3.05, 3.63) is 63.5 Å². The van der Waals surface area contributed by atoms with Crippen molar-refractivity contribution in [2.24, 2.45) is 0 Å². The van der Waals surface area contributed by atoms with Crippen molar-refractivity contribution in [2.45, 2.75) is 12.8 Å². The van der Waals surface area contributed by atoms with Gasteiger partial charge in [-0.25, -0.2) is 4.39 Å². The Morgan fingerprint density at radius 3 is 2.70 bits per heavy atom. The number of hydrogen-bond donors (Lipinski definition) is 0. The molecule has 0 spiro atoms. The van der Waals surface area contributed by atoms with E-state index in [0.717, 1.165) is 0 Å². The minimum atomic E-state index is -0.467. The van der Waals surface area contributed by atoms with Crippen LogP contribution in [0.4, 0.5) is 10.1 Å². The summed E-state index contributed by atoms with van der Waals surface area (Å²) in [5.74, 6) is 0.225. The second-order valence-corrected chi connectivity index (χ2v) is 4.42. The van der Waals surface area contributed by atoms with Gasteiger partial charge in [-0.15, -0.1) is 11.6 Å². The van der Waals surface area contributed by atoms with Gasteiger partial charge in [0.25, 0.3) is 5.69 Å². The first kappa shape index (κ1) is 14.3. The highest BCUT2D eigenvalue weighted by Crippen LogP contribution is 2.30. The zero-order chi connectivity index (χ0) is 14.7. The molecule has 0 aliphatic rings. The Labute approximate surface area is 119 Å². The summed E-state index contributed by atoms with van der Waals surface area (Å²) in [6.07, 6.45) is 0. The van der Waals surface area contributed by atoms with Crippen LogP contribution in [0.3, 0.4) is 0 Å². The first-order chi connectivity index (χ1) is 9.52. The maximum atomic E-state index is 13.5. The average molecular weight is 296 g/mol. The van der Waals surface area contributed by atoms with Crippen LogP contribution in [-0.4, -0.2) is 4.92 Å². The van der Waals surface area contributed by atoms with E-state index in [0.29, 0.717) is 17.1 Å². The lowest BCUT2D eigenvalue weighted by molar-refractivity contribution is -0.385. The number of ether oxygens (including phenoxy) is 1. The van der Waals surface area contributed by atoms with Crippen LogP contribution in [0.25, 0.3) is 0 Å². The Morgan fingerprint density at radius 2 is 2.10 bits per heavy atom. The molecule has 4 nitrogen and oxygen atoms in total. The van der Waals surface area contributed by atoms with E-state index in [9.17, 15) is 14.5 Å². The maximum absolute atomic E-state index is 13.5. The Balaban J connectivity index is 2.34. The molecule has 104 valence electrons. The number of rotatable bonds is 4. The Kier molecular flexibility index (Phi) is 4.20. The fourth-order valence-corrected chi connectivity index (χ4v) is 2.05. The molecular formula is C14H11ClFNO3. The number of nitro benzene ring substituents is 1. The van der Waals surface area contributed by atoms with Gasteiger partial charge >= 0.3 is 0 Å². The summed E-state index contributed by atoms with van der Waals surface area (Å²) in [7, 11) is 0. The van der Waals surface area contributed by atoms with Crippen molar-refractivity contribution in [1.82, 2.24) is 0 Å². The normalized spacial score (nSPS) is 10.3. The molecule has 2 rings (SSSR count). The molecule has 0 amide bonds. The van der Waals surface area contributed by atoms with E-state index in [1.165, 1.54) is 30.3 Å². The Hall–Kier alpha value is -2.14. The van der Waals surface area contributed by atoms with E-state index in [1.54, 1.807) is 13.0 Å². The highest BCUT2D eigenvalue weighted by Gasteiger charge is 2.13. The van der Waals surface area contributed by atoms with Crippen LogP contribution in [0.1, 0.15) is 11.1 Å². The van der Waals surface area contributed by atoms with Crippen LogP contribution >= 0.6 is 11.6 Å². The van der Waals surface area contributed by atoms with E-state index < -0.39 is 10.7 Å². The molecule has 0 aliphatic heterocycles. The molecule has 0 bridgehead atoms. The second kappa shape index (κ2) is 5.88. The topological polar surface area (TPSA) is 52.4 Å². The summed E-state index contributed by atoms with van der Waals surface area (Å²) in [6.45, 7) is 1.61. The van der Waals surface area contributed by atoms with Crippen LogP contribution < -0.4 is 4.74 Å². The molecule has 0 saturated heterocycles. The molecule has 2 aromatic rings. The predicted molar refractivity (Wildman–Crippen MR) is 73.9 cm³/mol. The van der Waals surface area contributed by atoms with Crippen molar-refractivity contribution in [3.63, 3.8) is 0 Å². The molecule has 0 radical (unpaired) electrons. The average Bonchev–Trinajstić information content (AvgIpc) is 2.38. The van der Waals surface area contributed by atoms with Gasteiger partial charge in [-0.2, -0.15) is 0 Å². The standard InChI is InChI=1S/C14H11ClFNO3/c1-9-7-10(5-6-13(9)17(18)19)20-14-4-2-3-12(16)11(14)8-15/h2-7H,8H2,1H3. The van der Waals surface area contributed by atoms with Crippen molar-refractivity contribution in [1.29, 1.82) is 0 Å². The number of nitro groups is 1. The molecule has 0 unspecified atom stereocenters. The van der Waals surface area contributed by atoms with Crippen molar-refractivity contribution in [2.75, 3.05) is 0 Å². The summed E-state index contributed by atoms with van der Waals surface area (Å²) in [5, 5.41) is 10.7. The molecule has 2 aromatic carbocycles. The largest absolute Gasteiger partial charge is 0.457 e. The van der Waals surface area contributed by atoms with E-state index in [2.05, 4.69) is 0 Å². The second-order valence-electron chi connectivity index (χ2n) is 4.16. The van der Waals surface area contributed by atoms with Gasteiger partial charge in [0, 0.05) is 17.2 Å². The maximum Gasteiger partial charge on any atom is 0.272 e. The molecule has 20 heavy (non-hydrogen) atoms. The lowest BCUT2D eigenvalue weighted by Gasteiger charge is -2.10.